The minimum Gasteiger partial charge on any atom is -0.336 e. The molecule has 120 valence electrons. The van der Waals surface area contributed by atoms with Crippen LogP contribution in [0.4, 0.5) is 13.6 Å². The maximum absolute atomic E-state index is 14.0. The molecule has 2 heterocycles. The van der Waals surface area contributed by atoms with E-state index < -0.39 is 23.1 Å². The minimum absolute atomic E-state index is 0.0257. The number of urea groups is 1. The number of piperidine rings is 1. The van der Waals surface area contributed by atoms with Crippen LogP contribution in [0.25, 0.3) is 0 Å². The molecule has 2 aliphatic rings. The van der Waals surface area contributed by atoms with Crippen LogP contribution in [0.2, 0.25) is 0 Å². The lowest BCUT2D eigenvalue weighted by Crippen LogP contribution is -2.52. The topological polar surface area (TPSA) is 76.4 Å². The molecule has 0 aliphatic carbocycles. The third-order valence-corrected chi connectivity index (χ3v) is 4.38. The highest BCUT2D eigenvalue weighted by molar-refractivity contribution is 5.95. The Morgan fingerprint density at radius 3 is 2.65 bits per heavy atom. The van der Waals surface area contributed by atoms with Gasteiger partial charge in [0.25, 0.3) is 5.91 Å². The average molecular weight is 320 g/mol. The molecule has 23 heavy (non-hydrogen) atoms. The summed E-state index contributed by atoms with van der Waals surface area (Å²) in [5.41, 5.74) is -0.847. The van der Waals surface area contributed by atoms with E-state index in [-0.39, 0.29) is 30.2 Å². The summed E-state index contributed by atoms with van der Waals surface area (Å²) < 4.78 is 28.0. The number of carbonyl (C=O) groups is 2. The molecule has 0 aromatic heterocycles. The van der Waals surface area contributed by atoms with Crippen LogP contribution < -0.4 is 5.32 Å². The second-order valence-corrected chi connectivity index (χ2v) is 5.70. The first-order chi connectivity index (χ1) is 10.9. The largest absolute Gasteiger partial charge is 0.336 e. The zero-order valence-electron chi connectivity index (χ0n) is 12.3. The van der Waals surface area contributed by atoms with Gasteiger partial charge in [-0.05, 0) is 18.6 Å². The van der Waals surface area contributed by atoms with Gasteiger partial charge >= 0.3 is 6.03 Å². The van der Waals surface area contributed by atoms with Gasteiger partial charge in [0.1, 0.15) is 17.2 Å². The highest BCUT2D eigenvalue weighted by Gasteiger charge is 2.42. The van der Waals surface area contributed by atoms with E-state index in [1.807, 2.05) is 0 Å². The van der Waals surface area contributed by atoms with Crippen molar-refractivity contribution in [3.8, 4) is 6.07 Å². The Labute approximate surface area is 131 Å². The Morgan fingerprint density at radius 2 is 2.04 bits per heavy atom. The summed E-state index contributed by atoms with van der Waals surface area (Å²) in [5.74, 6) is -2.88. The maximum Gasteiger partial charge on any atom is 0.317 e. The van der Waals surface area contributed by atoms with E-state index in [2.05, 4.69) is 5.32 Å². The number of fused-ring (bicyclic) bond motifs is 1. The van der Waals surface area contributed by atoms with E-state index in [0.717, 1.165) is 12.1 Å². The molecule has 0 radical (unpaired) electrons. The molecular formula is C15H14F2N4O2. The van der Waals surface area contributed by atoms with Gasteiger partial charge < -0.3 is 15.1 Å². The van der Waals surface area contributed by atoms with Crippen molar-refractivity contribution in [1.82, 2.24) is 15.1 Å². The van der Waals surface area contributed by atoms with Crippen molar-refractivity contribution in [2.75, 3.05) is 20.1 Å². The van der Waals surface area contributed by atoms with Crippen molar-refractivity contribution in [2.24, 2.45) is 0 Å². The molecule has 8 heteroatoms. The number of benzene rings is 1. The van der Waals surface area contributed by atoms with Crippen LogP contribution in [0.5, 0.6) is 0 Å². The third kappa shape index (κ3) is 2.48. The van der Waals surface area contributed by atoms with Gasteiger partial charge in [0, 0.05) is 20.1 Å². The molecule has 0 saturated carbocycles. The second-order valence-electron chi connectivity index (χ2n) is 5.70. The van der Waals surface area contributed by atoms with Gasteiger partial charge in [0.15, 0.2) is 0 Å². The van der Waals surface area contributed by atoms with Crippen LogP contribution in [0.15, 0.2) is 12.1 Å². The average Bonchev–Trinajstić information content (AvgIpc) is 2.80. The fourth-order valence-electron chi connectivity index (χ4n) is 3.14. The summed E-state index contributed by atoms with van der Waals surface area (Å²) in [4.78, 5) is 27.0. The predicted octanol–water partition coefficient (Wildman–Crippen LogP) is 1.07. The summed E-state index contributed by atoms with van der Waals surface area (Å²) in [6.07, 6.45) is 0.533. The van der Waals surface area contributed by atoms with Crippen molar-refractivity contribution in [1.29, 1.82) is 5.26 Å². The van der Waals surface area contributed by atoms with Gasteiger partial charge in [-0.25, -0.2) is 13.6 Å². The number of amides is 3. The molecule has 0 spiro atoms. The zero-order valence-corrected chi connectivity index (χ0v) is 12.3. The fourth-order valence-corrected chi connectivity index (χ4v) is 3.14. The molecule has 6 nitrogen and oxygen atoms in total. The van der Waals surface area contributed by atoms with Gasteiger partial charge in [-0.1, -0.05) is 0 Å². The number of halogens is 2. The number of likely N-dealkylation sites (N-methyl/N-ethyl adjacent to an activating group) is 1. The molecule has 2 aliphatic heterocycles. The lowest BCUT2D eigenvalue weighted by atomic mass is 9.99. The molecule has 1 aromatic rings. The van der Waals surface area contributed by atoms with Gasteiger partial charge in [0.05, 0.1) is 23.7 Å². The highest BCUT2D eigenvalue weighted by atomic mass is 19.1. The molecule has 2 saturated heterocycles. The van der Waals surface area contributed by atoms with Crippen molar-refractivity contribution in [3.05, 3.63) is 34.9 Å². The molecular weight excluding hydrogens is 306 g/mol. The van der Waals surface area contributed by atoms with E-state index in [9.17, 15) is 18.4 Å². The number of carbonyl (C=O) groups excluding carboxylic acids is 2. The molecule has 1 N–H and O–H groups in total. The number of likely N-dealkylation sites (tertiary alicyclic amines) is 1. The van der Waals surface area contributed by atoms with Crippen molar-refractivity contribution >= 4 is 11.9 Å². The van der Waals surface area contributed by atoms with Crippen LogP contribution >= 0.6 is 0 Å². The molecule has 2 atom stereocenters. The van der Waals surface area contributed by atoms with Gasteiger partial charge in [-0.2, -0.15) is 5.26 Å². The monoisotopic (exact) mass is 320 g/mol. The number of hydrogen-bond acceptors (Lipinski definition) is 3. The first-order valence-corrected chi connectivity index (χ1v) is 7.14. The summed E-state index contributed by atoms with van der Waals surface area (Å²) in [5, 5.41) is 11.4. The van der Waals surface area contributed by atoms with Crippen molar-refractivity contribution in [2.45, 2.75) is 18.5 Å². The first-order valence-electron chi connectivity index (χ1n) is 7.14. The van der Waals surface area contributed by atoms with E-state index in [4.69, 9.17) is 5.26 Å². The lowest BCUT2D eigenvalue weighted by molar-refractivity contribution is 0.0656. The quantitative estimate of drug-likeness (QED) is 0.841. The van der Waals surface area contributed by atoms with Gasteiger partial charge in [-0.3, -0.25) is 4.79 Å². The SMILES string of the molecule is CN1C(=O)N[C@@H]2CN(C(=O)c3c(F)cc(C#N)cc3F)CC[C@@H]21. The van der Waals surface area contributed by atoms with Crippen LogP contribution in [-0.2, 0) is 0 Å². The third-order valence-electron chi connectivity index (χ3n) is 4.38. The van der Waals surface area contributed by atoms with E-state index in [1.54, 1.807) is 18.0 Å². The summed E-state index contributed by atoms with van der Waals surface area (Å²) in [6.45, 7) is 0.497. The smallest absolute Gasteiger partial charge is 0.317 e. The number of nitrogens with one attached hydrogen (secondary N) is 1. The zero-order chi connectivity index (χ0) is 16.7. The Hall–Kier alpha value is -2.69. The summed E-state index contributed by atoms with van der Waals surface area (Å²) >= 11 is 0. The Bertz CT molecular complexity index is 708. The Morgan fingerprint density at radius 1 is 1.39 bits per heavy atom. The Kier molecular flexibility index (Phi) is 3.64. The number of nitrogens with zero attached hydrogens (tertiary/aromatic N) is 3. The molecule has 0 unspecified atom stereocenters. The van der Waals surface area contributed by atoms with Crippen LogP contribution in [-0.4, -0.2) is 54.0 Å². The fraction of sp³-hybridized carbons (Fsp3) is 0.400. The number of nitriles is 1. The lowest BCUT2D eigenvalue weighted by Gasteiger charge is -2.35. The second kappa shape index (κ2) is 5.50. The van der Waals surface area contributed by atoms with Crippen LogP contribution in [0, 0.1) is 23.0 Å². The Balaban J connectivity index is 1.83. The van der Waals surface area contributed by atoms with E-state index >= 15 is 0 Å². The normalized spacial score (nSPS) is 23.3. The molecule has 3 rings (SSSR count). The number of hydrogen-bond donors (Lipinski definition) is 1. The first kappa shape index (κ1) is 15.2. The highest BCUT2D eigenvalue weighted by Crippen LogP contribution is 2.24. The molecule has 3 amide bonds. The van der Waals surface area contributed by atoms with Gasteiger partial charge in [0.2, 0.25) is 0 Å². The summed E-state index contributed by atoms with van der Waals surface area (Å²) in [6, 6.07) is 2.82. The summed E-state index contributed by atoms with van der Waals surface area (Å²) in [7, 11) is 1.68. The minimum atomic E-state index is -1.05. The van der Waals surface area contributed by atoms with E-state index in [1.165, 1.54) is 4.90 Å². The maximum atomic E-state index is 14.0. The predicted molar refractivity (Wildman–Crippen MR) is 75.5 cm³/mol. The number of rotatable bonds is 1. The molecule has 0 bridgehead atoms. The standard InChI is InChI=1S/C15H14F2N4O2/c1-20-12-2-3-21(7-11(12)19-15(20)23)14(22)13-9(16)4-8(6-18)5-10(13)17/h4-5,11-12H,2-3,7H2,1H3,(H,19,23)/t11-,12+/m1/s1. The molecule has 1 aromatic carbocycles. The molecule has 2 fully saturated rings. The van der Waals surface area contributed by atoms with Crippen LogP contribution in [0.3, 0.4) is 0 Å². The van der Waals surface area contributed by atoms with Gasteiger partial charge in [-0.15, -0.1) is 0 Å². The van der Waals surface area contributed by atoms with E-state index in [0.29, 0.717) is 13.0 Å². The van der Waals surface area contributed by atoms with Crippen molar-refractivity contribution in [3.63, 3.8) is 0 Å². The van der Waals surface area contributed by atoms with Crippen LogP contribution in [0.1, 0.15) is 22.3 Å². The van der Waals surface area contributed by atoms with Crippen molar-refractivity contribution < 1.29 is 18.4 Å².